The molecule has 0 aliphatic heterocycles. The summed E-state index contributed by atoms with van der Waals surface area (Å²) in [6, 6.07) is 10.1. The Balaban J connectivity index is 1.96. The third-order valence-electron chi connectivity index (χ3n) is 4.06. The summed E-state index contributed by atoms with van der Waals surface area (Å²) in [7, 11) is 0. The number of nitrogens with two attached hydrogens (primary N) is 1. The van der Waals surface area contributed by atoms with Crippen LogP contribution in [0.1, 0.15) is 37.2 Å². The van der Waals surface area contributed by atoms with E-state index >= 15 is 0 Å². The average Bonchev–Trinajstić information content (AvgIpc) is 2.49. The third kappa shape index (κ3) is 4.00. The van der Waals surface area contributed by atoms with E-state index in [0.717, 1.165) is 18.4 Å². The number of hydrogen-bond donors (Lipinski definition) is 2. The van der Waals surface area contributed by atoms with Gasteiger partial charge in [-0.25, -0.2) is 0 Å². The fourth-order valence-electron chi connectivity index (χ4n) is 2.87. The van der Waals surface area contributed by atoms with Crippen LogP contribution in [-0.4, -0.2) is 30.0 Å². The van der Waals surface area contributed by atoms with Crippen LogP contribution in [0.4, 0.5) is 0 Å². The molecule has 4 heteroatoms. The van der Waals surface area contributed by atoms with E-state index in [-0.39, 0.29) is 11.8 Å². The molecule has 0 heterocycles. The van der Waals surface area contributed by atoms with Crippen molar-refractivity contribution in [3.8, 4) is 0 Å². The zero-order valence-corrected chi connectivity index (χ0v) is 12.9. The number of rotatable bonds is 5. The van der Waals surface area contributed by atoms with E-state index in [9.17, 15) is 4.79 Å². The first-order valence-electron chi connectivity index (χ1n) is 7.32. The summed E-state index contributed by atoms with van der Waals surface area (Å²) in [4.78, 5) is 12.4. The Morgan fingerprint density at radius 3 is 2.80 bits per heavy atom. The highest BCUT2D eigenvalue weighted by molar-refractivity contribution is 7.99. The molecule has 0 spiro atoms. The van der Waals surface area contributed by atoms with Gasteiger partial charge in [-0.3, -0.25) is 4.79 Å². The molecule has 1 saturated carbocycles. The maximum absolute atomic E-state index is 12.4. The second-order valence-electron chi connectivity index (χ2n) is 5.43. The average molecular weight is 292 g/mol. The lowest BCUT2D eigenvalue weighted by Gasteiger charge is -2.30. The zero-order chi connectivity index (χ0) is 14.4. The van der Waals surface area contributed by atoms with E-state index in [2.05, 4.69) is 11.6 Å². The minimum atomic E-state index is -0.231. The van der Waals surface area contributed by atoms with E-state index in [1.165, 1.54) is 12.8 Å². The van der Waals surface area contributed by atoms with Crippen molar-refractivity contribution in [3.63, 3.8) is 0 Å². The fraction of sp³-hybridized carbons (Fsp3) is 0.562. The van der Waals surface area contributed by atoms with Crippen LogP contribution in [0.5, 0.6) is 0 Å². The molecule has 3 nitrogen and oxygen atoms in total. The second kappa shape index (κ2) is 7.70. The van der Waals surface area contributed by atoms with Crippen molar-refractivity contribution >= 4 is 17.7 Å². The van der Waals surface area contributed by atoms with Gasteiger partial charge >= 0.3 is 0 Å². The molecule has 0 radical (unpaired) electrons. The van der Waals surface area contributed by atoms with Crippen LogP contribution in [0, 0.1) is 0 Å². The number of carbonyl (C=O) groups excluding carboxylic acids is 1. The molecule has 1 aromatic carbocycles. The van der Waals surface area contributed by atoms with Gasteiger partial charge in [0.1, 0.15) is 0 Å². The lowest BCUT2D eigenvalue weighted by atomic mass is 9.93. The SMILES string of the molecule is CSC1CCCC(NC(=O)C(CN)c2ccccc2)C1. The molecule has 3 atom stereocenters. The molecule has 3 N–H and O–H groups in total. The van der Waals surface area contributed by atoms with Crippen molar-refractivity contribution in [1.82, 2.24) is 5.32 Å². The largest absolute Gasteiger partial charge is 0.353 e. The zero-order valence-electron chi connectivity index (χ0n) is 12.0. The summed E-state index contributed by atoms with van der Waals surface area (Å²) in [6.07, 6.45) is 6.80. The van der Waals surface area contributed by atoms with Crippen molar-refractivity contribution in [1.29, 1.82) is 0 Å². The molecule has 110 valence electrons. The summed E-state index contributed by atoms with van der Waals surface area (Å²) in [5.74, 6) is -0.156. The summed E-state index contributed by atoms with van der Waals surface area (Å²) in [6.45, 7) is 0.356. The number of thioether (sulfide) groups is 1. The van der Waals surface area contributed by atoms with Gasteiger partial charge in [0.15, 0.2) is 0 Å². The third-order valence-corrected chi connectivity index (χ3v) is 5.15. The van der Waals surface area contributed by atoms with Gasteiger partial charge in [0, 0.05) is 17.8 Å². The fourth-order valence-corrected chi connectivity index (χ4v) is 3.70. The highest BCUT2D eigenvalue weighted by Crippen LogP contribution is 2.27. The summed E-state index contributed by atoms with van der Waals surface area (Å²) in [5.41, 5.74) is 6.80. The smallest absolute Gasteiger partial charge is 0.229 e. The number of amides is 1. The predicted molar refractivity (Wildman–Crippen MR) is 85.9 cm³/mol. The van der Waals surface area contributed by atoms with Crippen molar-refractivity contribution < 1.29 is 4.79 Å². The van der Waals surface area contributed by atoms with Crippen molar-refractivity contribution in [2.75, 3.05) is 12.8 Å². The molecule has 3 unspecified atom stereocenters. The number of carbonyl (C=O) groups is 1. The van der Waals surface area contributed by atoms with E-state index in [1.807, 2.05) is 42.1 Å². The maximum Gasteiger partial charge on any atom is 0.229 e. The molecule has 0 saturated heterocycles. The highest BCUT2D eigenvalue weighted by Gasteiger charge is 2.26. The number of nitrogens with one attached hydrogen (secondary N) is 1. The summed E-state index contributed by atoms with van der Waals surface area (Å²) < 4.78 is 0. The molecule has 1 aliphatic rings. The minimum absolute atomic E-state index is 0.0745. The minimum Gasteiger partial charge on any atom is -0.353 e. The predicted octanol–water partition coefficient (Wildman–Crippen LogP) is 2.52. The van der Waals surface area contributed by atoms with Crippen LogP contribution in [0.3, 0.4) is 0 Å². The molecular weight excluding hydrogens is 268 g/mol. The maximum atomic E-state index is 12.4. The Morgan fingerprint density at radius 2 is 2.15 bits per heavy atom. The number of benzene rings is 1. The van der Waals surface area contributed by atoms with Gasteiger partial charge in [-0.2, -0.15) is 11.8 Å². The van der Waals surface area contributed by atoms with Gasteiger partial charge in [0.25, 0.3) is 0 Å². The van der Waals surface area contributed by atoms with Crippen molar-refractivity contribution in [2.24, 2.45) is 5.73 Å². The van der Waals surface area contributed by atoms with Gasteiger partial charge in [-0.1, -0.05) is 36.8 Å². The summed E-state index contributed by atoms with van der Waals surface area (Å²) in [5, 5.41) is 3.88. The van der Waals surface area contributed by atoms with Gasteiger partial charge in [-0.15, -0.1) is 0 Å². The molecule has 1 fully saturated rings. The van der Waals surface area contributed by atoms with Crippen LogP contribution in [-0.2, 0) is 4.79 Å². The topological polar surface area (TPSA) is 55.1 Å². The Labute approximate surface area is 125 Å². The second-order valence-corrected chi connectivity index (χ2v) is 6.57. The van der Waals surface area contributed by atoms with Gasteiger partial charge in [0.2, 0.25) is 5.91 Å². The highest BCUT2D eigenvalue weighted by atomic mass is 32.2. The molecule has 0 bridgehead atoms. The van der Waals surface area contributed by atoms with Crippen LogP contribution < -0.4 is 11.1 Å². The Hall–Kier alpha value is -1.00. The first-order chi connectivity index (χ1) is 9.74. The lowest BCUT2D eigenvalue weighted by molar-refractivity contribution is -0.123. The molecule has 1 aromatic rings. The summed E-state index contributed by atoms with van der Waals surface area (Å²) >= 11 is 1.91. The van der Waals surface area contributed by atoms with E-state index in [1.54, 1.807) is 0 Å². The monoisotopic (exact) mass is 292 g/mol. The lowest BCUT2D eigenvalue weighted by Crippen LogP contribution is -2.43. The quantitative estimate of drug-likeness (QED) is 0.877. The van der Waals surface area contributed by atoms with Gasteiger partial charge in [0.05, 0.1) is 5.92 Å². The molecular formula is C16H24N2OS. The molecule has 20 heavy (non-hydrogen) atoms. The van der Waals surface area contributed by atoms with Crippen molar-refractivity contribution in [3.05, 3.63) is 35.9 Å². The molecule has 0 aromatic heterocycles. The molecule has 1 amide bonds. The van der Waals surface area contributed by atoms with Crippen molar-refractivity contribution in [2.45, 2.75) is 42.9 Å². The standard InChI is InChI=1S/C16H24N2OS/c1-20-14-9-5-8-13(10-14)18-16(19)15(11-17)12-6-3-2-4-7-12/h2-4,6-7,13-15H,5,8-11,17H2,1H3,(H,18,19). The van der Waals surface area contributed by atoms with Crippen LogP contribution in [0.15, 0.2) is 30.3 Å². The van der Waals surface area contributed by atoms with Crippen LogP contribution in [0.2, 0.25) is 0 Å². The van der Waals surface area contributed by atoms with Crippen LogP contribution >= 0.6 is 11.8 Å². The van der Waals surface area contributed by atoms with Crippen LogP contribution in [0.25, 0.3) is 0 Å². The van der Waals surface area contributed by atoms with E-state index in [0.29, 0.717) is 17.8 Å². The van der Waals surface area contributed by atoms with E-state index < -0.39 is 0 Å². The Kier molecular flexibility index (Phi) is 5.92. The van der Waals surface area contributed by atoms with Gasteiger partial charge < -0.3 is 11.1 Å². The Bertz CT molecular complexity index is 424. The normalized spacial score (nSPS) is 24.1. The molecule has 1 aliphatic carbocycles. The molecule has 2 rings (SSSR count). The van der Waals surface area contributed by atoms with E-state index in [4.69, 9.17) is 5.73 Å². The van der Waals surface area contributed by atoms with Gasteiger partial charge in [-0.05, 0) is 31.1 Å². The Morgan fingerprint density at radius 1 is 1.40 bits per heavy atom. The number of hydrogen-bond acceptors (Lipinski definition) is 3. The first kappa shape index (κ1) is 15.4. The first-order valence-corrected chi connectivity index (χ1v) is 8.61.